The lowest BCUT2D eigenvalue weighted by atomic mass is 10.1. The Kier molecular flexibility index (Phi) is 3.67. The van der Waals surface area contributed by atoms with Crippen molar-refractivity contribution in [1.82, 2.24) is 9.97 Å². The highest BCUT2D eigenvalue weighted by atomic mass is 35.5. The van der Waals surface area contributed by atoms with E-state index in [1.807, 2.05) is 0 Å². The van der Waals surface area contributed by atoms with Gasteiger partial charge in [-0.1, -0.05) is 11.6 Å². The van der Waals surface area contributed by atoms with Crippen LogP contribution in [0.5, 0.6) is 0 Å². The first-order valence-electron chi connectivity index (χ1n) is 6.12. The number of aromatic nitrogens is 2. The zero-order chi connectivity index (χ0) is 15.9. The summed E-state index contributed by atoms with van der Waals surface area (Å²) in [7, 11) is 0. The number of anilines is 1. The topological polar surface area (TPSA) is 60.7 Å². The Morgan fingerprint density at radius 3 is 2.68 bits per heavy atom. The summed E-state index contributed by atoms with van der Waals surface area (Å²) in [5.41, 5.74) is 1.13. The second kappa shape index (κ2) is 5.51. The lowest BCUT2D eigenvalue weighted by Crippen LogP contribution is -2.13. The van der Waals surface area contributed by atoms with E-state index in [2.05, 4.69) is 15.3 Å². The Morgan fingerprint density at radius 1 is 1.18 bits per heavy atom. The normalized spacial score (nSPS) is 10.9. The lowest BCUT2D eigenvalue weighted by molar-refractivity contribution is 0.102. The van der Waals surface area contributed by atoms with Crippen LogP contribution in [0, 0.1) is 16.4 Å². The van der Waals surface area contributed by atoms with Crippen LogP contribution < -0.4 is 5.32 Å². The Hall–Kier alpha value is -2.25. The van der Waals surface area contributed by atoms with Crippen molar-refractivity contribution in [2.24, 2.45) is 0 Å². The third-order valence-electron chi connectivity index (χ3n) is 3.01. The molecule has 0 saturated carbocycles. The number of carbonyl (C=O) groups is 1. The molecule has 0 atom stereocenters. The molecule has 3 rings (SSSR count). The summed E-state index contributed by atoms with van der Waals surface area (Å²) < 4.78 is 27.0. The van der Waals surface area contributed by atoms with Gasteiger partial charge in [0, 0.05) is 5.69 Å². The van der Waals surface area contributed by atoms with Gasteiger partial charge in [-0.05, 0) is 42.5 Å². The number of rotatable bonds is 2. The van der Waals surface area contributed by atoms with Gasteiger partial charge in [-0.2, -0.15) is 0 Å². The number of carbonyl (C=O) groups excluding carboxylic acids is 1. The van der Waals surface area contributed by atoms with Crippen LogP contribution >= 0.6 is 23.8 Å². The summed E-state index contributed by atoms with van der Waals surface area (Å²) >= 11 is 10.6. The SMILES string of the molecule is O=C(Nc1ccc(F)c(Cl)c1)c1cc(F)cc2[nH]c(=S)[nH]c12. The number of hydrogen-bond donors (Lipinski definition) is 3. The van der Waals surface area contributed by atoms with Crippen LogP contribution in [0.3, 0.4) is 0 Å². The van der Waals surface area contributed by atoms with Crippen LogP contribution in [0.25, 0.3) is 11.0 Å². The molecule has 1 heterocycles. The first-order chi connectivity index (χ1) is 10.4. The van der Waals surface area contributed by atoms with E-state index >= 15 is 0 Å². The molecule has 2 aromatic carbocycles. The summed E-state index contributed by atoms with van der Waals surface area (Å²) in [4.78, 5) is 17.8. The molecule has 4 nitrogen and oxygen atoms in total. The summed E-state index contributed by atoms with van der Waals surface area (Å²) in [6.45, 7) is 0. The van der Waals surface area contributed by atoms with Gasteiger partial charge in [0.1, 0.15) is 11.6 Å². The van der Waals surface area contributed by atoms with E-state index in [0.717, 1.165) is 12.1 Å². The molecule has 3 N–H and O–H groups in total. The number of imidazole rings is 1. The highest BCUT2D eigenvalue weighted by Gasteiger charge is 2.15. The number of amides is 1. The molecule has 0 saturated heterocycles. The molecule has 8 heteroatoms. The minimum Gasteiger partial charge on any atom is -0.331 e. The van der Waals surface area contributed by atoms with Crippen LogP contribution in [-0.4, -0.2) is 15.9 Å². The Morgan fingerprint density at radius 2 is 1.95 bits per heavy atom. The molecule has 3 aromatic rings. The Labute approximate surface area is 133 Å². The van der Waals surface area contributed by atoms with Gasteiger partial charge in [-0.15, -0.1) is 0 Å². The molecule has 22 heavy (non-hydrogen) atoms. The monoisotopic (exact) mass is 339 g/mol. The molecule has 112 valence electrons. The van der Waals surface area contributed by atoms with Gasteiger partial charge < -0.3 is 15.3 Å². The van der Waals surface area contributed by atoms with Gasteiger partial charge in [0.15, 0.2) is 4.77 Å². The van der Waals surface area contributed by atoms with E-state index in [1.165, 1.54) is 18.2 Å². The minimum atomic E-state index is -0.595. The molecule has 0 aliphatic carbocycles. The number of halogens is 3. The Bertz CT molecular complexity index is 951. The van der Waals surface area contributed by atoms with Crippen molar-refractivity contribution in [2.45, 2.75) is 0 Å². The number of nitrogens with one attached hydrogen (secondary N) is 3. The first kappa shape index (κ1) is 14.7. The smallest absolute Gasteiger partial charge is 0.257 e. The van der Waals surface area contributed by atoms with E-state index in [-0.39, 0.29) is 15.4 Å². The van der Waals surface area contributed by atoms with Gasteiger partial charge in [-0.3, -0.25) is 4.79 Å². The maximum atomic E-state index is 13.6. The molecule has 1 amide bonds. The molecular weight excluding hydrogens is 332 g/mol. The summed E-state index contributed by atoms with van der Waals surface area (Å²) in [6.07, 6.45) is 0. The van der Waals surface area contributed by atoms with E-state index < -0.39 is 17.5 Å². The van der Waals surface area contributed by atoms with Gasteiger partial charge >= 0.3 is 0 Å². The third kappa shape index (κ3) is 2.72. The van der Waals surface area contributed by atoms with E-state index in [1.54, 1.807) is 0 Å². The lowest BCUT2D eigenvalue weighted by Gasteiger charge is -2.07. The summed E-state index contributed by atoms with van der Waals surface area (Å²) in [6, 6.07) is 6.07. The number of hydrogen-bond acceptors (Lipinski definition) is 2. The van der Waals surface area contributed by atoms with Crippen LogP contribution in [-0.2, 0) is 0 Å². The third-order valence-corrected chi connectivity index (χ3v) is 3.51. The Balaban J connectivity index is 2.01. The largest absolute Gasteiger partial charge is 0.331 e. The average molecular weight is 340 g/mol. The second-order valence-corrected chi connectivity index (χ2v) is 5.35. The van der Waals surface area contributed by atoms with Crippen LogP contribution in [0.1, 0.15) is 10.4 Å². The number of aromatic amines is 2. The molecule has 0 fully saturated rings. The standard InChI is InChI=1S/C14H8ClF2N3OS/c15-9-5-7(1-2-10(9)17)18-13(21)8-3-6(16)4-11-12(8)20-14(22)19-11/h1-5H,(H,18,21)(H2,19,20,22). The highest BCUT2D eigenvalue weighted by molar-refractivity contribution is 7.71. The molecule has 0 bridgehead atoms. The van der Waals surface area contributed by atoms with Crippen molar-refractivity contribution in [3.8, 4) is 0 Å². The quantitative estimate of drug-likeness (QED) is 0.606. The predicted octanol–water partition coefficient (Wildman–Crippen LogP) is 4.41. The fourth-order valence-corrected chi connectivity index (χ4v) is 2.45. The van der Waals surface area contributed by atoms with Crippen LogP contribution in [0.15, 0.2) is 30.3 Å². The van der Waals surface area contributed by atoms with Crippen molar-refractivity contribution >= 4 is 46.4 Å². The summed E-state index contributed by atoms with van der Waals surface area (Å²) in [5.74, 6) is -1.75. The number of H-pyrrole nitrogens is 2. The molecular formula is C14H8ClF2N3OS. The van der Waals surface area contributed by atoms with Crippen molar-refractivity contribution in [1.29, 1.82) is 0 Å². The van der Waals surface area contributed by atoms with Crippen molar-refractivity contribution in [2.75, 3.05) is 5.32 Å². The maximum absolute atomic E-state index is 13.6. The van der Waals surface area contributed by atoms with Crippen molar-refractivity contribution in [3.05, 3.63) is 57.3 Å². The minimum absolute atomic E-state index is 0.0720. The average Bonchev–Trinajstić information content (AvgIpc) is 2.82. The molecule has 0 aliphatic heterocycles. The molecule has 0 spiro atoms. The van der Waals surface area contributed by atoms with Gasteiger partial charge in [0.25, 0.3) is 5.91 Å². The van der Waals surface area contributed by atoms with Crippen molar-refractivity contribution < 1.29 is 13.6 Å². The van der Waals surface area contributed by atoms with Crippen LogP contribution in [0.2, 0.25) is 5.02 Å². The van der Waals surface area contributed by atoms with Crippen molar-refractivity contribution in [3.63, 3.8) is 0 Å². The molecule has 0 unspecified atom stereocenters. The van der Waals surface area contributed by atoms with Gasteiger partial charge in [0.2, 0.25) is 0 Å². The van der Waals surface area contributed by atoms with Gasteiger partial charge in [-0.25, -0.2) is 8.78 Å². The van der Waals surface area contributed by atoms with E-state index in [0.29, 0.717) is 16.7 Å². The number of fused-ring (bicyclic) bond motifs is 1. The second-order valence-electron chi connectivity index (χ2n) is 4.54. The highest BCUT2D eigenvalue weighted by Crippen LogP contribution is 2.22. The number of benzene rings is 2. The zero-order valence-corrected chi connectivity index (χ0v) is 12.4. The molecule has 0 aliphatic rings. The van der Waals surface area contributed by atoms with Crippen LogP contribution in [0.4, 0.5) is 14.5 Å². The fraction of sp³-hybridized carbons (Fsp3) is 0. The van der Waals surface area contributed by atoms with E-state index in [4.69, 9.17) is 23.8 Å². The molecule has 1 aromatic heterocycles. The van der Waals surface area contributed by atoms with E-state index in [9.17, 15) is 13.6 Å². The predicted molar refractivity (Wildman–Crippen MR) is 82.8 cm³/mol. The van der Waals surface area contributed by atoms with Gasteiger partial charge in [0.05, 0.1) is 21.6 Å². The maximum Gasteiger partial charge on any atom is 0.257 e. The fourth-order valence-electron chi connectivity index (χ4n) is 2.06. The zero-order valence-electron chi connectivity index (χ0n) is 10.8. The first-order valence-corrected chi connectivity index (χ1v) is 6.90. The molecule has 0 radical (unpaired) electrons. The summed E-state index contributed by atoms with van der Waals surface area (Å²) in [5, 5.41) is 2.41.